The molecule has 2 aromatic carbocycles. The SMILES string of the molecule is CCCCCn1nc(C(=O)NNC(=O)c2ccc(NC(=O)C3CC3)cc2)c2ccccc2c1=O. The summed E-state index contributed by atoms with van der Waals surface area (Å²) in [5, 5.41) is 7.91. The van der Waals surface area contributed by atoms with E-state index in [9.17, 15) is 19.2 Å². The minimum Gasteiger partial charge on any atom is -0.326 e. The van der Waals surface area contributed by atoms with Crippen molar-refractivity contribution in [2.45, 2.75) is 45.6 Å². The van der Waals surface area contributed by atoms with Gasteiger partial charge in [-0.05, 0) is 49.6 Å². The van der Waals surface area contributed by atoms with Gasteiger partial charge in [-0.3, -0.25) is 30.0 Å². The number of rotatable bonds is 8. The number of unbranched alkanes of at least 4 members (excludes halogenated alkanes) is 2. The summed E-state index contributed by atoms with van der Waals surface area (Å²) in [6.45, 7) is 2.48. The number of amides is 3. The number of hydrogen-bond acceptors (Lipinski definition) is 5. The minimum absolute atomic E-state index is 0.0137. The van der Waals surface area contributed by atoms with Crippen molar-refractivity contribution in [1.82, 2.24) is 20.6 Å². The molecule has 0 atom stereocenters. The fraction of sp³-hybridized carbons (Fsp3) is 0.320. The molecule has 0 aliphatic heterocycles. The summed E-state index contributed by atoms with van der Waals surface area (Å²) < 4.78 is 1.31. The number of aryl methyl sites for hydroxylation is 1. The van der Waals surface area contributed by atoms with Crippen LogP contribution in [0.4, 0.5) is 5.69 Å². The second kappa shape index (κ2) is 10.3. The molecule has 0 unspecified atom stereocenters. The lowest BCUT2D eigenvalue weighted by atomic mass is 10.1. The fourth-order valence-corrected chi connectivity index (χ4v) is 3.61. The monoisotopic (exact) mass is 461 g/mol. The zero-order valence-electron chi connectivity index (χ0n) is 19.0. The van der Waals surface area contributed by atoms with Crippen LogP contribution in [0.5, 0.6) is 0 Å². The summed E-state index contributed by atoms with van der Waals surface area (Å²) in [4.78, 5) is 50.0. The number of anilines is 1. The first-order valence-electron chi connectivity index (χ1n) is 11.5. The number of fused-ring (bicyclic) bond motifs is 1. The van der Waals surface area contributed by atoms with Crippen molar-refractivity contribution >= 4 is 34.2 Å². The van der Waals surface area contributed by atoms with Crippen molar-refractivity contribution in [2.24, 2.45) is 5.92 Å². The van der Waals surface area contributed by atoms with Crippen LogP contribution in [0.15, 0.2) is 53.3 Å². The number of benzene rings is 2. The molecule has 9 heteroatoms. The van der Waals surface area contributed by atoms with Gasteiger partial charge in [0.2, 0.25) is 5.91 Å². The Balaban J connectivity index is 1.45. The number of nitrogens with zero attached hydrogens (tertiary/aromatic N) is 2. The van der Waals surface area contributed by atoms with Crippen LogP contribution >= 0.6 is 0 Å². The molecule has 34 heavy (non-hydrogen) atoms. The zero-order chi connectivity index (χ0) is 24.1. The normalized spacial score (nSPS) is 12.9. The van der Waals surface area contributed by atoms with Crippen molar-refractivity contribution < 1.29 is 14.4 Å². The number of hydrogen-bond donors (Lipinski definition) is 3. The molecule has 3 N–H and O–H groups in total. The van der Waals surface area contributed by atoms with Crippen LogP contribution in [-0.4, -0.2) is 27.5 Å². The largest absolute Gasteiger partial charge is 0.326 e. The van der Waals surface area contributed by atoms with Gasteiger partial charge in [-0.2, -0.15) is 5.10 Å². The molecule has 0 bridgehead atoms. The molecule has 3 aromatic rings. The standard InChI is InChI=1S/C25H27N5O4/c1-2-3-6-15-30-25(34)20-8-5-4-7-19(20)21(29-30)24(33)28-27-23(32)17-11-13-18(14-12-17)26-22(31)16-9-10-16/h4-5,7-8,11-14,16H,2-3,6,9-10,15H2,1H3,(H,26,31)(H,27,32)(H,28,33). The van der Waals surface area contributed by atoms with Gasteiger partial charge in [0.15, 0.2) is 5.69 Å². The molecule has 1 aliphatic carbocycles. The minimum atomic E-state index is -0.623. The van der Waals surface area contributed by atoms with Crippen molar-refractivity contribution in [3.63, 3.8) is 0 Å². The summed E-state index contributed by atoms with van der Waals surface area (Å²) >= 11 is 0. The first kappa shape index (κ1) is 23.2. The maximum atomic E-state index is 12.9. The lowest BCUT2D eigenvalue weighted by Gasteiger charge is -2.12. The predicted molar refractivity (Wildman–Crippen MR) is 128 cm³/mol. The van der Waals surface area contributed by atoms with Crippen molar-refractivity contribution in [3.05, 3.63) is 70.1 Å². The van der Waals surface area contributed by atoms with Crippen molar-refractivity contribution in [3.8, 4) is 0 Å². The van der Waals surface area contributed by atoms with Gasteiger partial charge in [0.25, 0.3) is 17.4 Å². The number of carbonyl (C=O) groups is 3. The van der Waals surface area contributed by atoms with E-state index in [4.69, 9.17) is 0 Å². The molecule has 0 radical (unpaired) electrons. The van der Waals surface area contributed by atoms with Gasteiger partial charge in [0.05, 0.1) is 5.39 Å². The van der Waals surface area contributed by atoms with Crippen molar-refractivity contribution in [2.75, 3.05) is 5.32 Å². The van der Waals surface area contributed by atoms with Crippen LogP contribution in [0.3, 0.4) is 0 Å². The Morgan fingerprint density at radius 3 is 2.29 bits per heavy atom. The summed E-state index contributed by atoms with van der Waals surface area (Å²) in [5.41, 5.74) is 5.50. The van der Waals surface area contributed by atoms with Crippen LogP contribution in [0.2, 0.25) is 0 Å². The second-order valence-electron chi connectivity index (χ2n) is 8.38. The van der Waals surface area contributed by atoms with Gasteiger partial charge in [-0.1, -0.05) is 38.0 Å². The van der Waals surface area contributed by atoms with Crippen LogP contribution in [0.25, 0.3) is 10.8 Å². The van der Waals surface area contributed by atoms with E-state index < -0.39 is 11.8 Å². The lowest BCUT2D eigenvalue weighted by molar-refractivity contribution is -0.117. The number of carbonyl (C=O) groups excluding carboxylic acids is 3. The van der Waals surface area contributed by atoms with Crippen LogP contribution < -0.4 is 21.7 Å². The molecular formula is C25H27N5O4. The van der Waals surface area contributed by atoms with E-state index in [-0.39, 0.29) is 23.1 Å². The highest BCUT2D eigenvalue weighted by molar-refractivity contribution is 6.06. The van der Waals surface area contributed by atoms with Gasteiger partial charge >= 0.3 is 0 Å². The Labute approximate surface area is 196 Å². The summed E-state index contributed by atoms with van der Waals surface area (Å²) in [6, 6.07) is 13.2. The topological polar surface area (TPSA) is 122 Å². The second-order valence-corrected chi connectivity index (χ2v) is 8.38. The Morgan fingerprint density at radius 2 is 1.62 bits per heavy atom. The predicted octanol–water partition coefficient (Wildman–Crippen LogP) is 3.01. The molecule has 1 saturated carbocycles. The molecule has 1 heterocycles. The highest BCUT2D eigenvalue weighted by atomic mass is 16.2. The Kier molecular flexibility index (Phi) is 7.01. The van der Waals surface area contributed by atoms with Gasteiger partial charge in [-0.25, -0.2) is 4.68 Å². The lowest BCUT2D eigenvalue weighted by Crippen LogP contribution is -2.42. The highest BCUT2D eigenvalue weighted by Gasteiger charge is 2.29. The third-order valence-electron chi connectivity index (χ3n) is 5.71. The molecule has 1 fully saturated rings. The Bertz CT molecular complexity index is 1280. The number of nitrogens with one attached hydrogen (secondary N) is 3. The van der Waals surface area contributed by atoms with E-state index in [2.05, 4.69) is 28.2 Å². The molecule has 0 saturated heterocycles. The summed E-state index contributed by atoms with van der Waals surface area (Å²) in [5.74, 6) is -1.07. The first-order valence-corrected chi connectivity index (χ1v) is 11.5. The molecule has 3 amide bonds. The van der Waals surface area contributed by atoms with Crippen LogP contribution in [-0.2, 0) is 11.3 Å². The molecule has 0 spiro atoms. The van der Waals surface area contributed by atoms with Gasteiger partial charge in [-0.15, -0.1) is 0 Å². The van der Waals surface area contributed by atoms with E-state index in [0.717, 1.165) is 32.1 Å². The van der Waals surface area contributed by atoms with Crippen LogP contribution in [0.1, 0.15) is 59.9 Å². The smallest absolute Gasteiger partial charge is 0.290 e. The zero-order valence-corrected chi connectivity index (χ0v) is 19.0. The summed E-state index contributed by atoms with van der Waals surface area (Å²) in [6.07, 6.45) is 4.53. The van der Waals surface area contributed by atoms with Gasteiger partial charge in [0.1, 0.15) is 0 Å². The van der Waals surface area contributed by atoms with E-state index in [1.807, 2.05) is 0 Å². The van der Waals surface area contributed by atoms with Crippen LogP contribution in [0, 0.1) is 5.92 Å². The maximum absolute atomic E-state index is 12.9. The highest BCUT2D eigenvalue weighted by Crippen LogP contribution is 2.30. The average Bonchev–Trinajstić information content (AvgIpc) is 3.70. The van der Waals surface area contributed by atoms with E-state index in [0.29, 0.717) is 28.6 Å². The molecule has 4 rings (SSSR count). The van der Waals surface area contributed by atoms with E-state index >= 15 is 0 Å². The molecule has 176 valence electrons. The Morgan fingerprint density at radius 1 is 0.941 bits per heavy atom. The molecule has 9 nitrogen and oxygen atoms in total. The van der Waals surface area contributed by atoms with Gasteiger partial charge < -0.3 is 5.32 Å². The molecular weight excluding hydrogens is 434 g/mol. The van der Waals surface area contributed by atoms with E-state index in [1.54, 1.807) is 48.5 Å². The summed E-state index contributed by atoms with van der Waals surface area (Å²) in [7, 11) is 0. The first-order chi connectivity index (χ1) is 16.5. The maximum Gasteiger partial charge on any atom is 0.290 e. The number of aromatic nitrogens is 2. The Hall–Kier alpha value is -4.01. The molecule has 1 aliphatic rings. The average molecular weight is 462 g/mol. The third kappa shape index (κ3) is 5.31. The van der Waals surface area contributed by atoms with Gasteiger partial charge in [0, 0.05) is 29.1 Å². The van der Waals surface area contributed by atoms with E-state index in [1.165, 1.54) is 4.68 Å². The third-order valence-corrected chi connectivity index (χ3v) is 5.71. The number of hydrazine groups is 1. The fourth-order valence-electron chi connectivity index (χ4n) is 3.61. The quantitative estimate of drug-likeness (QED) is 0.352. The molecule has 1 aromatic heterocycles. The van der Waals surface area contributed by atoms with Crippen molar-refractivity contribution in [1.29, 1.82) is 0 Å².